The first-order valence-corrected chi connectivity index (χ1v) is 3.63. The van der Waals surface area contributed by atoms with Crippen LogP contribution in [0, 0.1) is 0 Å². The third-order valence-electron chi connectivity index (χ3n) is 2.01. The van der Waals surface area contributed by atoms with Crippen molar-refractivity contribution in [1.29, 1.82) is 0 Å². The minimum absolute atomic E-state index is 0.144. The molecule has 0 saturated heterocycles. The summed E-state index contributed by atoms with van der Waals surface area (Å²) >= 11 is 0. The number of hydrogen-bond donors (Lipinski definition) is 0. The van der Waals surface area contributed by atoms with Crippen molar-refractivity contribution in [2.24, 2.45) is 0 Å². The average Bonchev–Trinajstić information content (AvgIpc) is 2.17. The quantitative estimate of drug-likeness (QED) is 0.520. The topological polar surface area (TPSA) is 37.4 Å². The molecule has 3 heteroatoms. The van der Waals surface area contributed by atoms with E-state index in [-0.39, 0.29) is 11.8 Å². The van der Waals surface area contributed by atoms with Gasteiger partial charge in [0.25, 0.3) is 11.8 Å². The van der Waals surface area contributed by atoms with Crippen molar-refractivity contribution < 1.29 is 9.59 Å². The summed E-state index contributed by atoms with van der Waals surface area (Å²) in [5, 5.41) is 0. The maximum Gasteiger partial charge on any atom is 0.256 e. The molecule has 60 valence electrons. The van der Waals surface area contributed by atoms with Crippen LogP contribution in [-0.4, -0.2) is 23.3 Å². The fourth-order valence-corrected chi connectivity index (χ4v) is 1.11. The van der Waals surface area contributed by atoms with Gasteiger partial charge in [0.15, 0.2) is 0 Å². The molecule has 0 spiro atoms. The number of rotatable bonds is 1. The van der Waals surface area contributed by atoms with Crippen LogP contribution in [0.3, 0.4) is 0 Å². The molecule has 0 unspecified atom stereocenters. The summed E-state index contributed by atoms with van der Waals surface area (Å²) < 4.78 is 0. The zero-order valence-electron chi connectivity index (χ0n) is 6.97. The molecule has 2 amide bonds. The van der Waals surface area contributed by atoms with Crippen LogP contribution in [0.4, 0.5) is 0 Å². The van der Waals surface area contributed by atoms with Crippen molar-refractivity contribution in [3.8, 4) is 0 Å². The summed E-state index contributed by atoms with van der Waals surface area (Å²) in [5.74, 6) is -0.287. The van der Waals surface area contributed by atoms with Crippen LogP contribution < -0.4 is 0 Å². The highest BCUT2D eigenvalue weighted by Crippen LogP contribution is 2.18. The molecule has 1 heterocycles. The molecule has 0 aromatic rings. The Kier molecular flexibility index (Phi) is 1.81. The van der Waals surface area contributed by atoms with Crippen LogP contribution in [0.15, 0.2) is 11.1 Å². The predicted octanol–water partition coefficient (Wildman–Crippen LogP) is 0.712. The third-order valence-corrected chi connectivity index (χ3v) is 2.01. The Morgan fingerprint density at radius 3 is 1.64 bits per heavy atom. The minimum atomic E-state index is -0.144. The molecule has 0 aromatic heterocycles. The number of carbonyl (C=O) groups is 2. The molecule has 1 aliphatic heterocycles. The summed E-state index contributed by atoms with van der Waals surface area (Å²) in [6, 6.07) is 0. The van der Waals surface area contributed by atoms with E-state index in [1.807, 2.05) is 0 Å². The van der Waals surface area contributed by atoms with Gasteiger partial charge in [-0.15, -0.1) is 0 Å². The minimum Gasteiger partial charge on any atom is -0.275 e. The highest BCUT2D eigenvalue weighted by atomic mass is 16.2. The van der Waals surface area contributed by atoms with Crippen LogP contribution in [0.1, 0.15) is 20.8 Å². The second-order valence-electron chi connectivity index (χ2n) is 2.60. The SMILES string of the molecule is CCN1C(=O)C(C)=C(C)C1=O. The van der Waals surface area contributed by atoms with E-state index in [1.54, 1.807) is 20.8 Å². The Balaban J connectivity index is 3.02. The molecule has 1 aliphatic rings. The molecule has 11 heavy (non-hydrogen) atoms. The van der Waals surface area contributed by atoms with Gasteiger partial charge < -0.3 is 0 Å². The number of amides is 2. The zero-order chi connectivity index (χ0) is 8.59. The van der Waals surface area contributed by atoms with E-state index >= 15 is 0 Å². The van der Waals surface area contributed by atoms with Gasteiger partial charge in [0.1, 0.15) is 0 Å². The molecule has 0 radical (unpaired) electrons. The monoisotopic (exact) mass is 153 g/mol. The summed E-state index contributed by atoms with van der Waals surface area (Å²) in [6.07, 6.45) is 0. The average molecular weight is 153 g/mol. The lowest BCUT2D eigenvalue weighted by molar-refractivity contribution is -0.137. The Bertz CT molecular complexity index is 229. The lowest BCUT2D eigenvalue weighted by Gasteiger charge is -2.10. The Hall–Kier alpha value is -1.12. The summed E-state index contributed by atoms with van der Waals surface area (Å²) in [4.78, 5) is 23.7. The fourth-order valence-electron chi connectivity index (χ4n) is 1.11. The second kappa shape index (κ2) is 2.49. The Morgan fingerprint density at radius 1 is 1.09 bits per heavy atom. The van der Waals surface area contributed by atoms with Gasteiger partial charge in [-0.25, -0.2) is 0 Å². The summed E-state index contributed by atoms with van der Waals surface area (Å²) in [5.41, 5.74) is 1.16. The summed E-state index contributed by atoms with van der Waals surface area (Å²) in [6.45, 7) is 5.63. The molecule has 1 rings (SSSR count). The van der Waals surface area contributed by atoms with E-state index in [0.717, 1.165) is 0 Å². The number of carbonyl (C=O) groups excluding carboxylic acids is 2. The fraction of sp³-hybridized carbons (Fsp3) is 0.500. The van der Waals surface area contributed by atoms with E-state index in [2.05, 4.69) is 0 Å². The normalized spacial score (nSPS) is 18.6. The number of hydrogen-bond acceptors (Lipinski definition) is 2. The van der Waals surface area contributed by atoms with E-state index in [9.17, 15) is 9.59 Å². The van der Waals surface area contributed by atoms with E-state index in [0.29, 0.717) is 17.7 Å². The van der Waals surface area contributed by atoms with Gasteiger partial charge >= 0.3 is 0 Å². The lowest BCUT2D eigenvalue weighted by atomic mass is 10.2. The van der Waals surface area contributed by atoms with Crippen molar-refractivity contribution in [2.45, 2.75) is 20.8 Å². The molecule has 3 nitrogen and oxygen atoms in total. The van der Waals surface area contributed by atoms with Crippen LogP contribution in [0.2, 0.25) is 0 Å². The molecule has 0 aromatic carbocycles. The molecule has 0 atom stereocenters. The highest BCUT2D eigenvalue weighted by molar-refractivity contribution is 6.18. The van der Waals surface area contributed by atoms with Crippen LogP contribution >= 0.6 is 0 Å². The number of imide groups is 1. The van der Waals surface area contributed by atoms with E-state index < -0.39 is 0 Å². The van der Waals surface area contributed by atoms with Gasteiger partial charge in [-0.3, -0.25) is 14.5 Å². The van der Waals surface area contributed by atoms with Gasteiger partial charge in [0, 0.05) is 17.7 Å². The van der Waals surface area contributed by atoms with Crippen LogP contribution in [-0.2, 0) is 9.59 Å². The first-order chi connectivity index (χ1) is 5.09. The molecule has 0 aliphatic carbocycles. The second-order valence-corrected chi connectivity index (χ2v) is 2.60. The molecule has 0 saturated carbocycles. The van der Waals surface area contributed by atoms with Crippen LogP contribution in [0.25, 0.3) is 0 Å². The Morgan fingerprint density at radius 2 is 1.45 bits per heavy atom. The molecular formula is C8H11NO2. The van der Waals surface area contributed by atoms with Gasteiger partial charge in [-0.05, 0) is 20.8 Å². The van der Waals surface area contributed by atoms with Crippen molar-refractivity contribution in [2.75, 3.05) is 6.54 Å². The standard InChI is InChI=1S/C8H11NO2/c1-4-9-7(10)5(2)6(3)8(9)11/h4H2,1-3H3. The number of nitrogens with zero attached hydrogens (tertiary/aromatic N) is 1. The molecule has 0 N–H and O–H groups in total. The van der Waals surface area contributed by atoms with Crippen molar-refractivity contribution >= 4 is 11.8 Å². The van der Waals surface area contributed by atoms with Crippen molar-refractivity contribution in [3.63, 3.8) is 0 Å². The highest BCUT2D eigenvalue weighted by Gasteiger charge is 2.31. The lowest BCUT2D eigenvalue weighted by Crippen LogP contribution is -2.30. The third kappa shape index (κ3) is 0.964. The van der Waals surface area contributed by atoms with Crippen molar-refractivity contribution in [1.82, 2.24) is 4.90 Å². The van der Waals surface area contributed by atoms with Gasteiger partial charge in [-0.1, -0.05) is 0 Å². The molecular weight excluding hydrogens is 142 g/mol. The van der Waals surface area contributed by atoms with Gasteiger partial charge in [0.05, 0.1) is 0 Å². The van der Waals surface area contributed by atoms with Crippen molar-refractivity contribution in [3.05, 3.63) is 11.1 Å². The molecule has 0 fully saturated rings. The van der Waals surface area contributed by atoms with E-state index in [1.165, 1.54) is 4.90 Å². The largest absolute Gasteiger partial charge is 0.275 e. The summed E-state index contributed by atoms with van der Waals surface area (Å²) in [7, 11) is 0. The number of likely N-dealkylation sites (N-methyl/N-ethyl adjacent to an activating group) is 1. The van der Waals surface area contributed by atoms with Gasteiger partial charge in [-0.2, -0.15) is 0 Å². The molecule has 0 bridgehead atoms. The maximum absolute atomic E-state index is 11.2. The van der Waals surface area contributed by atoms with Gasteiger partial charge in [0.2, 0.25) is 0 Å². The van der Waals surface area contributed by atoms with Crippen LogP contribution in [0.5, 0.6) is 0 Å². The smallest absolute Gasteiger partial charge is 0.256 e. The first kappa shape index (κ1) is 7.98. The first-order valence-electron chi connectivity index (χ1n) is 3.63. The van der Waals surface area contributed by atoms with E-state index in [4.69, 9.17) is 0 Å². The zero-order valence-corrected chi connectivity index (χ0v) is 6.97. The Labute approximate surface area is 65.7 Å². The maximum atomic E-state index is 11.2. The predicted molar refractivity (Wildman–Crippen MR) is 40.8 cm³/mol.